The van der Waals surface area contributed by atoms with Crippen molar-refractivity contribution in [1.29, 1.82) is 0 Å². The zero-order valence-corrected chi connectivity index (χ0v) is 14.3. The maximum atomic E-state index is 13.3. The van der Waals surface area contributed by atoms with Gasteiger partial charge in [0.1, 0.15) is 17.1 Å². The normalized spacial score (nSPS) is 10.4. The minimum absolute atomic E-state index is 0.0217. The molecule has 2 aromatic carbocycles. The molecule has 2 N–H and O–H groups in total. The highest BCUT2D eigenvalue weighted by atomic mass is 16.5. The Kier molecular flexibility index (Phi) is 4.75. The van der Waals surface area contributed by atoms with Crippen molar-refractivity contribution in [1.82, 2.24) is 4.98 Å². The van der Waals surface area contributed by atoms with Crippen molar-refractivity contribution in [3.05, 3.63) is 71.5 Å². The van der Waals surface area contributed by atoms with Crippen LogP contribution >= 0.6 is 0 Å². The summed E-state index contributed by atoms with van der Waals surface area (Å²) >= 11 is 0. The van der Waals surface area contributed by atoms with Gasteiger partial charge < -0.3 is 19.6 Å². The smallest absolute Gasteiger partial charge is 0.337 e. The van der Waals surface area contributed by atoms with Gasteiger partial charge in [0.25, 0.3) is 0 Å². The van der Waals surface area contributed by atoms with Gasteiger partial charge in [0, 0.05) is 11.8 Å². The first-order chi connectivity index (χ1) is 12.6. The van der Waals surface area contributed by atoms with Crippen LogP contribution in [0.3, 0.4) is 0 Å². The summed E-state index contributed by atoms with van der Waals surface area (Å²) in [5, 5.41) is 9.51. The average molecular weight is 351 g/mol. The number of hydrogen-bond acceptors (Lipinski definition) is 4. The fourth-order valence-corrected chi connectivity index (χ4v) is 2.88. The van der Waals surface area contributed by atoms with Gasteiger partial charge in [-0.25, -0.2) is 4.79 Å². The molecule has 0 radical (unpaired) electrons. The number of carbonyl (C=O) groups is 2. The van der Waals surface area contributed by atoms with Gasteiger partial charge in [-0.3, -0.25) is 4.79 Å². The Labute approximate surface area is 150 Å². The minimum Gasteiger partial charge on any atom is -0.496 e. The number of carboxylic acids is 1. The van der Waals surface area contributed by atoms with E-state index in [0.717, 1.165) is 0 Å². The molecular formula is C20H17NO5. The molecule has 0 aliphatic carbocycles. The molecule has 3 rings (SSSR count). The van der Waals surface area contributed by atoms with Gasteiger partial charge in [0.15, 0.2) is 0 Å². The molecule has 0 bridgehead atoms. The fraction of sp³-hybridized carbons (Fsp3) is 0.100. The van der Waals surface area contributed by atoms with Crippen molar-refractivity contribution in [2.75, 3.05) is 14.2 Å². The van der Waals surface area contributed by atoms with Crippen molar-refractivity contribution in [3.8, 4) is 22.6 Å². The molecule has 0 aliphatic rings. The number of aromatic carboxylic acids is 1. The number of carboxylic acid groups (broad SMARTS) is 1. The summed E-state index contributed by atoms with van der Waals surface area (Å²) in [6.07, 6.45) is 1.32. The van der Waals surface area contributed by atoms with Crippen molar-refractivity contribution < 1.29 is 24.2 Å². The molecule has 0 amide bonds. The molecule has 0 saturated heterocycles. The second-order valence-electron chi connectivity index (χ2n) is 5.49. The molecule has 6 nitrogen and oxygen atoms in total. The maximum Gasteiger partial charge on any atom is 0.337 e. The molecule has 26 heavy (non-hydrogen) atoms. The van der Waals surface area contributed by atoms with E-state index in [1.54, 1.807) is 42.5 Å². The Bertz CT molecular complexity index is 937. The highest BCUT2D eigenvalue weighted by molar-refractivity contribution is 6.17. The van der Waals surface area contributed by atoms with E-state index in [9.17, 15) is 14.7 Å². The van der Waals surface area contributed by atoms with E-state index >= 15 is 0 Å². The molecule has 3 aromatic rings. The monoisotopic (exact) mass is 351 g/mol. The van der Waals surface area contributed by atoms with Gasteiger partial charge >= 0.3 is 5.97 Å². The largest absolute Gasteiger partial charge is 0.496 e. The van der Waals surface area contributed by atoms with Gasteiger partial charge in [-0.1, -0.05) is 36.4 Å². The number of aromatic nitrogens is 1. The Morgan fingerprint density at radius 2 is 1.54 bits per heavy atom. The van der Waals surface area contributed by atoms with Gasteiger partial charge in [-0.05, 0) is 17.7 Å². The molecule has 0 fully saturated rings. The summed E-state index contributed by atoms with van der Waals surface area (Å²) in [4.78, 5) is 27.7. The first kappa shape index (κ1) is 17.3. The van der Waals surface area contributed by atoms with Crippen LogP contribution in [0.2, 0.25) is 0 Å². The molecule has 1 heterocycles. The summed E-state index contributed by atoms with van der Waals surface area (Å²) in [5.74, 6) is -0.837. The van der Waals surface area contributed by atoms with E-state index in [-0.39, 0.29) is 16.8 Å². The number of aromatic amines is 1. The van der Waals surface area contributed by atoms with E-state index in [1.165, 1.54) is 20.4 Å². The van der Waals surface area contributed by atoms with Crippen molar-refractivity contribution in [3.63, 3.8) is 0 Å². The highest BCUT2D eigenvalue weighted by Gasteiger charge is 2.27. The highest BCUT2D eigenvalue weighted by Crippen LogP contribution is 2.35. The summed E-state index contributed by atoms with van der Waals surface area (Å²) in [6.45, 7) is 0. The number of rotatable bonds is 6. The minimum atomic E-state index is -1.12. The van der Waals surface area contributed by atoms with Crippen LogP contribution in [-0.4, -0.2) is 36.1 Å². The number of ether oxygens (including phenoxy) is 2. The zero-order chi connectivity index (χ0) is 18.7. The second-order valence-corrected chi connectivity index (χ2v) is 5.49. The number of carbonyl (C=O) groups excluding carboxylic acids is 1. The van der Waals surface area contributed by atoms with Crippen LogP contribution in [0.15, 0.2) is 54.7 Å². The van der Waals surface area contributed by atoms with Gasteiger partial charge in [0.2, 0.25) is 5.78 Å². The molecule has 0 saturated carbocycles. The predicted octanol–water partition coefficient (Wildman–Crippen LogP) is 3.63. The number of ketones is 1. The number of benzene rings is 2. The Balaban J connectivity index is 2.23. The van der Waals surface area contributed by atoms with Crippen LogP contribution in [-0.2, 0) is 0 Å². The van der Waals surface area contributed by atoms with Crippen molar-refractivity contribution in [2.45, 2.75) is 0 Å². The lowest BCUT2D eigenvalue weighted by Gasteiger charge is -2.12. The van der Waals surface area contributed by atoms with E-state index < -0.39 is 11.8 Å². The lowest BCUT2D eigenvalue weighted by Crippen LogP contribution is -2.09. The summed E-state index contributed by atoms with van der Waals surface area (Å²) in [7, 11) is 2.92. The van der Waals surface area contributed by atoms with Crippen molar-refractivity contribution >= 4 is 11.8 Å². The van der Waals surface area contributed by atoms with E-state index in [2.05, 4.69) is 4.98 Å². The molecule has 132 valence electrons. The number of methoxy groups -OCH3 is 2. The topological polar surface area (TPSA) is 88.6 Å². The zero-order valence-electron chi connectivity index (χ0n) is 14.3. The average Bonchev–Trinajstić information content (AvgIpc) is 3.12. The first-order valence-corrected chi connectivity index (χ1v) is 7.84. The quantitative estimate of drug-likeness (QED) is 0.662. The first-order valence-electron chi connectivity index (χ1n) is 7.84. The third-order valence-corrected chi connectivity index (χ3v) is 4.06. The van der Waals surface area contributed by atoms with Crippen LogP contribution in [0.5, 0.6) is 11.5 Å². The molecule has 0 aliphatic heterocycles. The lowest BCUT2D eigenvalue weighted by atomic mass is 9.96. The van der Waals surface area contributed by atoms with Gasteiger partial charge in [-0.2, -0.15) is 0 Å². The van der Waals surface area contributed by atoms with Crippen LogP contribution < -0.4 is 9.47 Å². The Hall–Kier alpha value is -3.54. The van der Waals surface area contributed by atoms with Crippen LogP contribution in [0, 0.1) is 0 Å². The number of hydrogen-bond donors (Lipinski definition) is 2. The van der Waals surface area contributed by atoms with Crippen molar-refractivity contribution in [2.24, 2.45) is 0 Å². The van der Waals surface area contributed by atoms with Gasteiger partial charge in [0.05, 0.1) is 25.5 Å². The van der Waals surface area contributed by atoms with E-state index in [4.69, 9.17) is 9.47 Å². The summed E-state index contributed by atoms with van der Waals surface area (Å²) in [5.41, 5.74) is 1.37. The summed E-state index contributed by atoms with van der Waals surface area (Å²) < 4.78 is 10.6. The van der Waals surface area contributed by atoms with E-state index in [1.807, 2.05) is 6.07 Å². The fourth-order valence-electron chi connectivity index (χ4n) is 2.88. The van der Waals surface area contributed by atoms with E-state index in [0.29, 0.717) is 22.6 Å². The number of nitrogens with one attached hydrogen (secondary N) is 1. The third-order valence-electron chi connectivity index (χ3n) is 4.06. The lowest BCUT2D eigenvalue weighted by molar-refractivity contribution is 0.0698. The third kappa shape index (κ3) is 2.93. The molecule has 6 heteroatoms. The molecule has 0 unspecified atom stereocenters. The van der Waals surface area contributed by atoms with Crippen LogP contribution in [0.4, 0.5) is 0 Å². The standard InChI is InChI=1S/C20H17NO5/c1-25-14-9-6-10-15(26-2)17(14)19(22)18-16(12-7-4-3-5-8-12)13(11-21-18)20(23)24/h3-11,21H,1-2H3,(H,23,24). The maximum absolute atomic E-state index is 13.3. The SMILES string of the molecule is COc1cccc(OC)c1C(=O)c1[nH]cc(C(=O)O)c1-c1ccccc1. The Morgan fingerprint density at radius 1 is 0.923 bits per heavy atom. The van der Waals surface area contributed by atoms with Gasteiger partial charge in [-0.15, -0.1) is 0 Å². The summed E-state index contributed by atoms with van der Waals surface area (Å²) in [6, 6.07) is 13.9. The molecule has 0 atom stereocenters. The molecule has 1 aromatic heterocycles. The number of H-pyrrole nitrogens is 1. The molecule has 0 spiro atoms. The van der Waals surface area contributed by atoms with Crippen LogP contribution in [0.1, 0.15) is 26.4 Å². The van der Waals surface area contributed by atoms with Crippen LogP contribution in [0.25, 0.3) is 11.1 Å². The Morgan fingerprint density at radius 3 is 2.08 bits per heavy atom. The predicted molar refractivity (Wildman–Crippen MR) is 96.2 cm³/mol. The molecular weight excluding hydrogens is 334 g/mol. The second kappa shape index (κ2) is 7.14.